The number of rotatable bonds is 1. The quantitative estimate of drug-likeness (QED) is 0.576. The molecule has 1 aromatic carbocycles. The molecule has 0 radical (unpaired) electrons. The first-order valence-corrected chi connectivity index (χ1v) is 4.06. The van der Waals surface area contributed by atoms with Crippen LogP contribution in [0.25, 0.3) is 0 Å². The van der Waals surface area contributed by atoms with Crippen LogP contribution in [-0.4, -0.2) is 0 Å². The van der Waals surface area contributed by atoms with E-state index in [0.717, 1.165) is 5.56 Å². The van der Waals surface area contributed by atoms with E-state index in [1.54, 1.807) is 0 Å². The maximum Gasteiger partial charge on any atom is 0.185 e. The molecule has 0 heterocycles. The minimum atomic E-state index is 0.368. The summed E-state index contributed by atoms with van der Waals surface area (Å²) in [6.07, 6.45) is 5.18. The lowest BCUT2D eigenvalue weighted by atomic mass is 10.1. The van der Waals surface area contributed by atoms with Gasteiger partial charge in [0.25, 0.3) is 0 Å². The highest BCUT2D eigenvalue weighted by molar-refractivity contribution is 5.41. The van der Waals surface area contributed by atoms with E-state index in [0.29, 0.717) is 11.3 Å². The summed E-state index contributed by atoms with van der Waals surface area (Å²) in [6.45, 7) is 1.95. The Morgan fingerprint density at radius 2 is 1.80 bits per heavy atom. The molecule has 1 fully saturated rings. The summed E-state index contributed by atoms with van der Waals surface area (Å²) in [7, 11) is 0. The van der Waals surface area contributed by atoms with Crippen LogP contribution >= 0.6 is 0 Å². The predicted octanol–water partition coefficient (Wildman–Crippen LogP) is 1.89. The lowest BCUT2D eigenvalue weighted by Crippen LogP contribution is -1.88. The van der Waals surface area contributed by atoms with Gasteiger partial charge in [-0.15, -0.1) is 0 Å². The molecule has 0 saturated heterocycles. The zero-order valence-corrected chi connectivity index (χ0v) is 6.31. The maximum atomic E-state index is 10.9. The van der Waals surface area contributed by atoms with Crippen molar-refractivity contribution >= 4 is 0 Å². The van der Waals surface area contributed by atoms with E-state index in [2.05, 4.69) is 0 Å². The molecule has 0 aromatic heterocycles. The van der Waals surface area contributed by atoms with Crippen LogP contribution in [0.3, 0.4) is 0 Å². The van der Waals surface area contributed by atoms with Gasteiger partial charge in [-0.2, -0.15) is 0 Å². The molecule has 0 N–H and O–H groups in total. The Hall–Kier alpha value is -0.590. The zero-order valence-electron chi connectivity index (χ0n) is 6.31. The molecule has 0 atom stereocenters. The molecule has 0 aliphatic heterocycles. The van der Waals surface area contributed by atoms with Gasteiger partial charge in [-0.3, -0.25) is 4.79 Å². The summed E-state index contributed by atoms with van der Waals surface area (Å²) < 4.78 is 0. The van der Waals surface area contributed by atoms with Crippen molar-refractivity contribution in [3.05, 3.63) is 21.4 Å². The molecule has 1 aliphatic rings. The van der Waals surface area contributed by atoms with Gasteiger partial charge < -0.3 is 0 Å². The van der Waals surface area contributed by atoms with E-state index in [9.17, 15) is 4.79 Å². The van der Waals surface area contributed by atoms with Gasteiger partial charge in [-0.25, -0.2) is 0 Å². The van der Waals surface area contributed by atoms with Crippen LogP contribution in [0.15, 0.2) is 4.79 Å². The van der Waals surface area contributed by atoms with Crippen LogP contribution in [0.1, 0.15) is 42.7 Å². The van der Waals surface area contributed by atoms with E-state index in [-0.39, 0.29) is 0 Å². The van der Waals surface area contributed by atoms with Gasteiger partial charge in [0.05, 0.1) is 0 Å². The molecular weight excluding hydrogens is 124 g/mol. The van der Waals surface area contributed by atoms with Gasteiger partial charge in [0.15, 0.2) is 5.43 Å². The Balaban J connectivity index is 2.14. The molecule has 1 heteroatoms. The van der Waals surface area contributed by atoms with Crippen molar-refractivity contribution in [2.75, 3.05) is 0 Å². The Morgan fingerprint density at radius 1 is 1.30 bits per heavy atom. The normalized spacial score (nSPS) is 20.9. The van der Waals surface area contributed by atoms with Gasteiger partial charge in [-0.1, -0.05) is 12.8 Å². The van der Waals surface area contributed by atoms with Crippen LogP contribution in [0.4, 0.5) is 0 Å². The monoisotopic (exact) mass is 136 g/mol. The van der Waals surface area contributed by atoms with Crippen molar-refractivity contribution in [3.8, 4) is 0 Å². The topological polar surface area (TPSA) is 17.1 Å². The summed E-state index contributed by atoms with van der Waals surface area (Å²) in [5.74, 6) is 0.660. The van der Waals surface area contributed by atoms with E-state index in [1.165, 1.54) is 31.2 Å². The predicted molar refractivity (Wildman–Crippen MR) is 41.0 cm³/mol. The molecule has 1 saturated carbocycles. The lowest BCUT2D eigenvalue weighted by Gasteiger charge is -1.97. The minimum Gasteiger partial charge on any atom is -0.289 e. The minimum absolute atomic E-state index is 0.368. The van der Waals surface area contributed by atoms with Gasteiger partial charge >= 0.3 is 0 Å². The van der Waals surface area contributed by atoms with E-state index < -0.39 is 0 Å². The highest BCUT2D eigenvalue weighted by Gasteiger charge is 2.28. The summed E-state index contributed by atoms with van der Waals surface area (Å²) in [5.41, 5.74) is 2.61. The third-order valence-corrected chi connectivity index (χ3v) is 2.69. The Labute approximate surface area is 60.7 Å². The molecule has 2 rings (SSSR count). The van der Waals surface area contributed by atoms with Crippen LogP contribution in [0.5, 0.6) is 0 Å². The Kier molecular flexibility index (Phi) is 1.19. The van der Waals surface area contributed by atoms with Crippen LogP contribution in [-0.2, 0) is 0 Å². The molecule has 0 amide bonds. The first-order chi connectivity index (χ1) is 4.80. The summed E-state index contributed by atoms with van der Waals surface area (Å²) in [4.78, 5) is 10.9. The van der Waals surface area contributed by atoms with Crippen LogP contribution < -0.4 is 5.43 Å². The van der Waals surface area contributed by atoms with Crippen molar-refractivity contribution in [1.82, 2.24) is 0 Å². The molecule has 0 unspecified atom stereocenters. The van der Waals surface area contributed by atoms with Crippen molar-refractivity contribution in [2.45, 2.75) is 38.5 Å². The highest BCUT2D eigenvalue weighted by atomic mass is 16.1. The molecule has 1 aliphatic carbocycles. The Bertz CT molecular complexity index is 247. The van der Waals surface area contributed by atoms with Gasteiger partial charge in [0.1, 0.15) is 0 Å². The molecule has 54 valence electrons. The van der Waals surface area contributed by atoms with E-state index >= 15 is 0 Å². The van der Waals surface area contributed by atoms with Gasteiger partial charge in [0, 0.05) is 11.1 Å². The van der Waals surface area contributed by atoms with E-state index in [4.69, 9.17) is 0 Å². The van der Waals surface area contributed by atoms with Crippen LogP contribution in [0, 0.1) is 6.92 Å². The molecule has 0 spiro atoms. The third-order valence-electron chi connectivity index (χ3n) is 2.69. The largest absolute Gasteiger partial charge is 0.289 e. The van der Waals surface area contributed by atoms with Crippen LogP contribution in [0.2, 0.25) is 0 Å². The lowest BCUT2D eigenvalue weighted by molar-refractivity contribution is 0.734. The van der Waals surface area contributed by atoms with Crippen molar-refractivity contribution in [1.29, 1.82) is 0 Å². The summed E-state index contributed by atoms with van der Waals surface area (Å²) in [6, 6.07) is 0. The summed E-state index contributed by atoms with van der Waals surface area (Å²) >= 11 is 0. The molecule has 0 bridgehead atoms. The average Bonchev–Trinajstić information content (AvgIpc) is 2.37. The molecule has 10 heavy (non-hydrogen) atoms. The fourth-order valence-electron chi connectivity index (χ4n) is 1.98. The van der Waals surface area contributed by atoms with Gasteiger partial charge in [0.2, 0.25) is 0 Å². The fourth-order valence-corrected chi connectivity index (χ4v) is 1.98. The SMILES string of the molecule is Cc1c(C2CCCC2)c1=O. The standard InChI is InChI=1S/C9H12O/c1-6-8(9(6)10)7-4-2-3-5-7/h7H,2-5H2,1H3. The molecule has 1 nitrogen and oxygen atoms in total. The second kappa shape index (κ2) is 1.94. The zero-order chi connectivity index (χ0) is 7.14. The Morgan fingerprint density at radius 3 is 2.20 bits per heavy atom. The average molecular weight is 136 g/mol. The smallest absolute Gasteiger partial charge is 0.185 e. The van der Waals surface area contributed by atoms with Gasteiger partial charge in [-0.05, 0) is 25.7 Å². The van der Waals surface area contributed by atoms with E-state index in [1.807, 2.05) is 6.92 Å². The van der Waals surface area contributed by atoms with Crippen molar-refractivity contribution < 1.29 is 0 Å². The molecular formula is C9H12O. The summed E-state index contributed by atoms with van der Waals surface area (Å²) in [5, 5.41) is 0. The highest BCUT2D eigenvalue weighted by Crippen LogP contribution is 2.36. The van der Waals surface area contributed by atoms with Crippen molar-refractivity contribution in [2.24, 2.45) is 0 Å². The van der Waals surface area contributed by atoms with Crippen molar-refractivity contribution in [3.63, 3.8) is 0 Å². The fraction of sp³-hybridized carbons (Fsp3) is 0.667. The first kappa shape index (κ1) is 6.14. The second-order valence-corrected chi connectivity index (χ2v) is 3.35. The first-order valence-electron chi connectivity index (χ1n) is 4.06. The molecule has 1 aromatic rings. The maximum absolute atomic E-state index is 10.9. The third kappa shape index (κ3) is 0.731. The second-order valence-electron chi connectivity index (χ2n) is 3.35. The number of hydrogen-bond donors (Lipinski definition) is 0. The number of hydrogen-bond acceptors (Lipinski definition) is 1.